The number of carbonyl (C=O) groups is 3. The standard InChI is InChI=1S/C27H24N2O6/c1-2-33-21-11-9-20(10-12-21)29-25(30)15-22(27(29)32)28(26(31)19-6-4-3-5-7-19)16-18-8-13-23-24(14-18)35-17-34-23/h3-14,22H,2,15-17H2,1H3/t22-/m0/s1. The first-order chi connectivity index (χ1) is 17.0. The van der Waals surface area contributed by atoms with E-state index in [1.165, 1.54) is 4.90 Å². The fourth-order valence-electron chi connectivity index (χ4n) is 4.29. The Hall–Kier alpha value is -4.33. The van der Waals surface area contributed by atoms with Crippen molar-refractivity contribution in [2.45, 2.75) is 25.9 Å². The molecule has 2 aliphatic heterocycles. The summed E-state index contributed by atoms with van der Waals surface area (Å²) in [7, 11) is 0. The largest absolute Gasteiger partial charge is 0.494 e. The van der Waals surface area contributed by atoms with Crippen LogP contribution < -0.4 is 19.1 Å². The molecule has 5 rings (SSSR count). The third-order valence-electron chi connectivity index (χ3n) is 5.98. The van der Waals surface area contributed by atoms with Gasteiger partial charge in [0, 0.05) is 12.1 Å². The molecule has 8 nitrogen and oxygen atoms in total. The molecule has 3 amide bonds. The van der Waals surface area contributed by atoms with Gasteiger partial charge in [0.15, 0.2) is 11.5 Å². The Morgan fingerprint density at radius 1 is 1.00 bits per heavy atom. The summed E-state index contributed by atoms with van der Waals surface area (Å²) >= 11 is 0. The lowest BCUT2D eigenvalue weighted by molar-refractivity contribution is -0.122. The van der Waals surface area contributed by atoms with Crippen molar-refractivity contribution in [2.75, 3.05) is 18.3 Å². The van der Waals surface area contributed by atoms with E-state index in [0.717, 1.165) is 10.5 Å². The first-order valence-corrected chi connectivity index (χ1v) is 11.4. The summed E-state index contributed by atoms with van der Waals surface area (Å²) in [6.07, 6.45) is -0.102. The van der Waals surface area contributed by atoms with Gasteiger partial charge in [-0.2, -0.15) is 0 Å². The van der Waals surface area contributed by atoms with Crippen LogP contribution in [0.25, 0.3) is 0 Å². The number of ether oxygens (including phenoxy) is 3. The molecule has 8 heteroatoms. The number of rotatable bonds is 7. The second-order valence-electron chi connectivity index (χ2n) is 8.20. The van der Waals surface area contributed by atoms with E-state index >= 15 is 0 Å². The highest BCUT2D eigenvalue weighted by molar-refractivity contribution is 6.23. The zero-order valence-electron chi connectivity index (χ0n) is 19.2. The topological polar surface area (TPSA) is 85.4 Å². The molecule has 2 aliphatic rings. The third kappa shape index (κ3) is 4.42. The Balaban J connectivity index is 1.45. The molecule has 0 saturated carbocycles. The van der Waals surface area contributed by atoms with Gasteiger partial charge < -0.3 is 19.1 Å². The van der Waals surface area contributed by atoms with Crippen LogP contribution in [0.3, 0.4) is 0 Å². The monoisotopic (exact) mass is 472 g/mol. The highest BCUT2D eigenvalue weighted by Gasteiger charge is 2.44. The lowest BCUT2D eigenvalue weighted by atomic mass is 10.1. The second kappa shape index (κ2) is 9.50. The van der Waals surface area contributed by atoms with Gasteiger partial charge in [-0.3, -0.25) is 14.4 Å². The minimum absolute atomic E-state index is 0.102. The van der Waals surface area contributed by atoms with Crippen molar-refractivity contribution in [1.29, 1.82) is 0 Å². The normalized spacial score (nSPS) is 16.5. The van der Waals surface area contributed by atoms with Gasteiger partial charge in [0.2, 0.25) is 12.7 Å². The van der Waals surface area contributed by atoms with Crippen molar-refractivity contribution in [3.63, 3.8) is 0 Å². The van der Waals surface area contributed by atoms with E-state index < -0.39 is 11.9 Å². The van der Waals surface area contributed by atoms with Crippen molar-refractivity contribution in [1.82, 2.24) is 4.90 Å². The number of amides is 3. The predicted octanol–water partition coefficient (Wildman–Crippen LogP) is 3.79. The molecule has 178 valence electrons. The van der Waals surface area contributed by atoms with Crippen LogP contribution in [0.15, 0.2) is 72.8 Å². The maximum absolute atomic E-state index is 13.6. The molecule has 0 aromatic heterocycles. The lowest BCUT2D eigenvalue weighted by Gasteiger charge is -2.28. The lowest BCUT2D eigenvalue weighted by Crippen LogP contribution is -2.45. The van der Waals surface area contributed by atoms with Gasteiger partial charge in [-0.1, -0.05) is 24.3 Å². The fraction of sp³-hybridized carbons (Fsp3) is 0.222. The number of imide groups is 1. The van der Waals surface area contributed by atoms with Gasteiger partial charge in [0.05, 0.1) is 18.7 Å². The van der Waals surface area contributed by atoms with Crippen molar-refractivity contribution in [3.8, 4) is 17.2 Å². The molecule has 0 aliphatic carbocycles. The third-order valence-corrected chi connectivity index (χ3v) is 5.98. The molecule has 0 unspecified atom stereocenters. The fourth-order valence-corrected chi connectivity index (χ4v) is 4.29. The molecule has 2 heterocycles. The number of fused-ring (bicyclic) bond motifs is 1. The Morgan fingerprint density at radius 3 is 2.49 bits per heavy atom. The molecular weight excluding hydrogens is 448 g/mol. The van der Waals surface area contributed by atoms with Crippen LogP contribution in [-0.4, -0.2) is 42.1 Å². The second-order valence-corrected chi connectivity index (χ2v) is 8.20. The molecular formula is C27H24N2O6. The van der Waals surface area contributed by atoms with Gasteiger partial charge in [-0.25, -0.2) is 4.90 Å². The number of anilines is 1. The van der Waals surface area contributed by atoms with Crippen LogP contribution in [0.2, 0.25) is 0 Å². The summed E-state index contributed by atoms with van der Waals surface area (Å²) in [5.74, 6) is 0.728. The molecule has 0 spiro atoms. The first-order valence-electron chi connectivity index (χ1n) is 11.4. The average molecular weight is 472 g/mol. The minimum Gasteiger partial charge on any atom is -0.494 e. The van der Waals surface area contributed by atoms with Crippen LogP contribution in [0.5, 0.6) is 17.2 Å². The van der Waals surface area contributed by atoms with E-state index in [2.05, 4.69) is 0 Å². The van der Waals surface area contributed by atoms with Crippen molar-refractivity contribution in [3.05, 3.63) is 83.9 Å². The summed E-state index contributed by atoms with van der Waals surface area (Å²) < 4.78 is 16.3. The van der Waals surface area contributed by atoms with Gasteiger partial charge in [0.25, 0.3) is 11.8 Å². The molecule has 0 bridgehead atoms. The number of nitrogens with zero attached hydrogens (tertiary/aromatic N) is 2. The smallest absolute Gasteiger partial charge is 0.257 e. The van der Waals surface area contributed by atoms with E-state index in [0.29, 0.717) is 35.1 Å². The summed E-state index contributed by atoms with van der Waals surface area (Å²) in [5.41, 5.74) is 1.65. The van der Waals surface area contributed by atoms with Gasteiger partial charge >= 0.3 is 0 Å². The van der Waals surface area contributed by atoms with Crippen LogP contribution in [0.4, 0.5) is 5.69 Å². The first kappa shape index (κ1) is 22.5. The highest BCUT2D eigenvalue weighted by Crippen LogP contribution is 2.34. The Labute approximate surface area is 202 Å². The number of hydrogen-bond acceptors (Lipinski definition) is 6. The van der Waals surface area contributed by atoms with Gasteiger partial charge in [0.1, 0.15) is 11.8 Å². The van der Waals surface area contributed by atoms with Crippen LogP contribution in [0, 0.1) is 0 Å². The summed E-state index contributed by atoms with van der Waals surface area (Å²) in [4.78, 5) is 42.6. The van der Waals surface area contributed by atoms with Crippen molar-refractivity contribution >= 4 is 23.4 Å². The van der Waals surface area contributed by atoms with E-state index in [1.54, 1.807) is 60.7 Å². The number of benzene rings is 3. The van der Waals surface area contributed by atoms with Crippen LogP contribution >= 0.6 is 0 Å². The zero-order valence-corrected chi connectivity index (χ0v) is 19.2. The molecule has 1 atom stereocenters. The molecule has 1 fully saturated rings. The Bertz CT molecular complexity index is 1260. The maximum Gasteiger partial charge on any atom is 0.257 e. The molecule has 3 aromatic rings. The Morgan fingerprint density at radius 2 is 1.74 bits per heavy atom. The van der Waals surface area contributed by atoms with E-state index in [1.807, 2.05) is 19.1 Å². The summed E-state index contributed by atoms with van der Waals surface area (Å²) in [6.45, 7) is 2.66. The summed E-state index contributed by atoms with van der Waals surface area (Å²) in [6, 6.07) is 20.0. The number of hydrogen-bond donors (Lipinski definition) is 0. The van der Waals surface area contributed by atoms with E-state index in [4.69, 9.17) is 14.2 Å². The van der Waals surface area contributed by atoms with Crippen molar-refractivity contribution in [2.24, 2.45) is 0 Å². The van der Waals surface area contributed by atoms with Gasteiger partial charge in [-0.15, -0.1) is 0 Å². The Kier molecular flexibility index (Phi) is 6.10. The minimum atomic E-state index is -0.938. The van der Waals surface area contributed by atoms with Crippen molar-refractivity contribution < 1.29 is 28.6 Å². The molecule has 1 saturated heterocycles. The quantitative estimate of drug-likeness (QED) is 0.487. The van der Waals surface area contributed by atoms with Crippen LogP contribution in [0.1, 0.15) is 29.3 Å². The number of carbonyl (C=O) groups excluding carboxylic acids is 3. The van der Waals surface area contributed by atoms with Gasteiger partial charge in [-0.05, 0) is 61.0 Å². The summed E-state index contributed by atoms with van der Waals surface area (Å²) in [5, 5.41) is 0. The molecule has 3 aromatic carbocycles. The molecule has 0 radical (unpaired) electrons. The molecule has 35 heavy (non-hydrogen) atoms. The average Bonchev–Trinajstić information content (AvgIpc) is 3.46. The van der Waals surface area contributed by atoms with E-state index in [-0.39, 0.29) is 31.6 Å². The maximum atomic E-state index is 13.6. The zero-order chi connectivity index (χ0) is 24.4. The van der Waals surface area contributed by atoms with E-state index in [9.17, 15) is 14.4 Å². The molecule has 0 N–H and O–H groups in total. The van der Waals surface area contributed by atoms with Crippen LogP contribution in [-0.2, 0) is 16.1 Å². The predicted molar refractivity (Wildman–Crippen MR) is 127 cm³/mol. The SMILES string of the molecule is CCOc1ccc(N2C(=O)C[C@H](N(Cc3ccc4c(c3)OCO4)C(=O)c3ccccc3)C2=O)cc1. The highest BCUT2D eigenvalue weighted by atomic mass is 16.7.